The van der Waals surface area contributed by atoms with Crippen molar-refractivity contribution in [3.8, 4) is 6.07 Å². The van der Waals surface area contributed by atoms with Gasteiger partial charge in [0.25, 0.3) is 0 Å². The number of likely N-dealkylation sites (N-methyl/N-ethyl adjacent to an activating group) is 1. The van der Waals surface area contributed by atoms with Crippen LogP contribution in [0.5, 0.6) is 0 Å². The molecule has 0 saturated heterocycles. The minimum absolute atomic E-state index is 0.000139. The standard InChI is InChI=1S/C17H20F3N7S/c1-5-11(7-6-10(2)17(18,19)20)24-13(22)9-27(3)14-12(8-21)15(28-4)26-16(23)25-14/h5-7H,1,9H2,2-4H3,(H2,22,24)(H2,23,25,26)/b10-6+,11-7+. The van der Waals surface area contributed by atoms with E-state index in [0.717, 1.165) is 19.1 Å². The van der Waals surface area contributed by atoms with Gasteiger partial charge >= 0.3 is 6.18 Å². The van der Waals surface area contributed by atoms with Crippen LogP contribution in [0, 0.1) is 11.3 Å². The molecule has 0 amide bonds. The zero-order valence-electron chi connectivity index (χ0n) is 15.6. The molecular formula is C17H20F3N7S. The second kappa shape index (κ2) is 9.80. The van der Waals surface area contributed by atoms with Gasteiger partial charge in [0.1, 0.15) is 22.5 Å². The lowest BCUT2D eigenvalue weighted by atomic mass is 10.2. The van der Waals surface area contributed by atoms with Crippen molar-refractivity contribution >= 4 is 29.4 Å². The second-order valence-electron chi connectivity index (χ2n) is 5.50. The van der Waals surface area contributed by atoms with E-state index < -0.39 is 11.7 Å². The maximum atomic E-state index is 12.6. The Kier molecular flexibility index (Phi) is 8.06. The van der Waals surface area contributed by atoms with Crippen molar-refractivity contribution in [2.24, 2.45) is 10.7 Å². The largest absolute Gasteiger partial charge is 0.412 e. The lowest BCUT2D eigenvalue weighted by Crippen LogP contribution is -2.32. The fourth-order valence-corrected chi connectivity index (χ4v) is 2.47. The van der Waals surface area contributed by atoms with Crippen LogP contribution in [0.15, 0.2) is 46.1 Å². The van der Waals surface area contributed by atoms with Gasteiger partial charge in [-0.2, -0.15) is 23.4 Å². The van der Waals surface area contributed by atoms with Crippen molar-refractivity contribution in [3.63, 3.8) is 0 Å². The molecular weight excluding hydrogens is 391 g/mol. The molecule has 0 atom stereocenters. The minimum atomic E-state index is -4.42. The summed E-state index contributed by atoms with van der Waals surface area (Å²) in [6.07, 6.45) is 0.662. The number of nitriles is 1. The molecule has 4 N–H and O–H groups in total. The van der Waals surface area contributed by atoms with Crippen LogP contribution in [-0.4, -0.2) is 41.8 Å². The molecule has 0 aliphatic carbocycles. The highest BCUT2D eigenvalue weighted by Gasteiger charge is 2.29. The average molecular weight is 411 g/mol. The first kappa shape index (κ1) is 23.0. The molecule has 150 valence electrons. The number of hydrogen-bond donors (Lipinski definition) is 2. The summed E-state index contributed by atoms with van der Waals surface area (Å²) in [7, 11) is 1.63. The molecule has 0 fully saturated rings. The molecule has 1 aromatic rings. The van der Waals surface area contributed by atoms with E-state index in [2.05, 4.69) is 21.5 Å². The normalized spacial score (nSPS) is 13.2. The van der Waals surface area contributed by atoms with Gasteiger partial charge in [-0.3, -0.25) is 0 Å². The number of rotatable bonds is 7. The van der Waals surface area contributed by atoms with E-state index in [1.165, 1.54) is 17.8 Å². The minimum Gasteiger partial charge on any atom is -0.386 e. The van der Waals surface area contributed by atoms with Crippen molar-refractivity contribution < 1.29 is 13.2 Å². The molecule has 28 heavy (non-hydrogen) atoms. The van der Waals surface area contributed by atoms with Crippen LogP contribution in [0.25, 0.3) is 0 Å². The third-order valence-corrected chi connectivity index (χ3v) is 4.06. The number of nitrogens with zero attached hydrogens (tertiary/aromatic N) is 5. The Morgan fingerprint density at radius 3 is 2.54 bits per heavy atom. The van der Waals surface area contributed by atoms with Crippen molar-refractivity contribution in [1.82, 2.24) is 9.97 Å². The Morgan fingerprint density at radius 1 is 1.39 bits per heavy atom. The van der Waals surface area contributed by atoms with Gasteiger partial charge in [0, 0.05) is 12.6 Å². The van der Waals surface area contributed by atoms with Crippen LogP contribution in [0.4, 0.5) is 24.9 Å². The van der Waals surface area contributed by atoms with Crippen LogP contribution >= 0.6 is 11.8 Å². The summed E-state index contributed by atoms with van der Waals surface area (Å²) >= 11 is 1.25. The summed E-state index contributed by atoms with van der Waals surface area (Å²) in [4.78, 5) is 13.7. The summed E-state index contributed by atoms with van der Waals surface area (Å²) in [5.74, 6) is 0.355. The monoisotopic (exact) mass is 411 g/mol. The van der Waals surface area contributed by atoms with Crippen LogP contribution in [-0.2, 0) is 0 Å². The smallest absolute Gasteiger partial charge is 0.386 e. The number of nitrogen functional groups attached to an aromatic ring is 1. The molecule has 0 aliphatic heterocycles. The summed E-state index contributed by atoms with van der Waals surface area (Å²) < 4.78 is 37.7. The molecule has 11 heteroatoms. The lowest BCUT2D eigenvalue weighted by molar-refractivity contribution is -0.0913. The first-order valence-corrected chi connectivity index (χ1v) is 8.99. The Morgan fingerprint density at radius 2 is 2.04 bits per heavy atom. The summed E-state index contributed by atoms with van der Waals surface area (Å²) in [6, 6.07) is 2.03. The van der Waals surface area contributed by atoms with Crippen LogP contribution < -0.4 is 16.4 Å². The van der Waals surface area contributed by atoms with Crippen LogP contribution in [0.2, 0.25) is 0 Å². The predicted molar refractivity (Wildman–Crippen MR) is 106 cm³/mol. The fourth-order valence-electron chi connectivity index (χ4n) is 1.94. The van der Waals surface area contributed by atoms with Gasteiger partial charge in [0.2, 0.25) is 5.95 Å². The number of aliphatic imine (C=N–C) groups is 1. The van der Waals surface area contributed by atoms with E-state index in [0.29, 0.717) is 5.03 Å². The van der Waals surface area contributed by atoms with Gasteiger partial charge in [-0.1, -0.05) is 12.7 Å². The van der Waals surface area contributed by atoms with Gasteiger partial charge < -0.3 is 16.4 Å². The number of nitrogens with two attached hydrogens (primary N) is 2. The quantitative estimate of drug-likeness (QED) is 0.233. The van der Waals surface area contributed by atoms with Crippen molar-refractivity contribution in [1.29, 1.82) is 5.26 Å². The topological polar surface area (TPSA) is 117 Å². The molecule has 1 rings (SSSR count). The Labute approximate surface area is 165 Å². The van der Waals surface area contributed by atoms with Crippen molar-refractivity contribution in [2.45, 2.75) is 18.1 Å². The number of allylic oxidation sites excluding steroid dienone is 4. The fraction of sp³-hybridized carbons (Fsp3) is 0.294. The molecule has 0 bridgehead atoms. The maximum absolute atomic E-state index is 12.6. The van der Waals surface area contributed by atoms with E-state index in [9.17, 15) is 18.4 Å². The lowest BCUT2D eigenvalue weighted by Gasteiger charge is -2.20. The zero-order chi connectivity index (χ0) is 21.5. The molecule has 7 nitrogen and oxygen atoms in total. The molecule has 0 aromatic carbocycles. The van der Waals surface area contributed by atoms with Gasteiger partial charge in [-0.15, -0.1) is 11.8 Å². The van der Waals surface area contributed by atoms with E-state index in [1.807, 2.05) is 6.07 Å². The summed E-state index contributed by atoms with van der Waals surface area (Å²) in [5, 5.41) is 9.81. The van der Waals surface area contributed by atoms with E-state index in [-0.39, 0.29) is 35.4 Å². The van der Waals surface area contributed by atoms with Gasteiger partial charge in [-0.25, -0.2) is 9.98 Å². The number of thioether (sulfide) groups is 1. The number of halogens is 3. The highest BCUT2D eigenvalue weighted by Crippen LogP contribution is 2.26. The number of amidine groups is 1. The van der Waals surface area contributed by atoms with Crippen LogP contribution in [0.3, 0.4) is 0 Å². The summed E-state index contributed by atoms with van der Waals surface area (Å²) in [6.45, 7) is 4.51. The highest BCUT2D eigenvalue weighted by molar-refractivity contribution is 7.98. The van der Waals surface area contributed by atoms with E-state index >= 15 is 0 Å². The third-order valence-electron chi connectivity index (χ3n) is 3.37. The van der Waals surface area contributed by atoms with Gasteiger partial charge in [-0.05, 0) is 25.3 Å². The number of hydrogen-bond acceptors (Lipinski definition) is 7. The molecule has 1 aromatic heterocycles. The number of anilines is 2. The Bertz CT molecular complexity index is 867. The molecule has 0 saturated carbocycles. The average Bonchev–Trinajstić information content (AvgIpc) is 2.62. The van der Waals surface area contributed by atoms with Crippen molar-refractivity contribution in [2.75, 3.05) is 30.5 Å². The predicted octanol–water partition coefficient (Wildman–Crippen LogP) is 3.02. The molecule has 0 radical (unpaired) electrons. The molecule has 0 aliphatic rings. The van der Waals surface area contributed by atoms with Crippen LogP contribution in [0.1, 0.15) is 12.5 Å². The maximum Gasteiger partial charge on any atom is 0.412 e. The van der Waals surface area contributed by atoms with E-state index in [1.54, 1.807) is 18.2 Å². The molecule has 0 unspecified atom stereocenters. The molecule has 0 spiro atoms. The SMILES string of the molecule is C=C/C(=C\C=C(/C)C(F)(F)F)N=C(N)CN(C)c1nc(N)nc(SC)c1C#N. The summed E-state index contributed by atoms with van der Waals surface area (Å²) in [5.41, 5.74) is 11.2. The van der Waals surface area contributed by atoms with Gasteiger partial charge in [0.15, 0.2) is 5.82 Å². The first-order valence-electron chi connectivity index (χ1n) is 7.77. The Balaban J connectivity index is 3.12. The van der Waals surface area contributed by atoms with E-state index in [4.69, 9.17) is 11.5 Å². The zero-order valence-corrected chi connectivity index (χ0v) is 16.4. The Hall–Kier alpha value is -3.00. The molecule has 1 heterocycles. The van der Waals surface area contributed by atoms with Crippen molar-refractivity contribution in [3.05, 3.63) is 41.6 Å². The number of alkyl halides is 3. The highest BCUT2D eigenvalue weighted by atomic mass is 32.2. The number of aromatic nitrogens is 2. The first-order chi connectivity index (χ1) is 13.0. The second-order valence-corrected chi connectivity index (χ2v) is 6.30. The third kappa shape index (κ3) is 6.31. The van der Waals surface area contributed by atoms with Gasteiger partial charge in [0.05, 0.1) is 12.2 Å².